The molecule has 21 heavy (non-hydrogen) atoms. The van der Waals surface area contributed by atoms with E-state index >= 15 is 0 Å². The number of hydrogen-bond donors (Lipinski definition) is 0. The van der Waals surface area contributed by atoms with E-state index in [9.17, 15) is 19.1 Å². The van der Waals surface area contributed by atoms with Gasteiger partial charge in [0, 0.05) is 19.0 Å². The molecule has 6 heteroatoms. The first-order chi connectivity index (χ1) is 10.0. The molecule has 1 aromatic carbocycles. The number of carboxylic acid groups (broad SMARTS) is 1. The molecule has 0 saturated carbocycles. The molecule has 0 spiro atoms. The number of piperidine rings is 1. The van der Waals surface area contributed by atoms with E-state index in [0.717, 1.165) is 10.5 Å². The summed E-state index contributed by atoms with van der Waals surface area (Å²) in [6, 6.07) is 5.92. The summed E-state index contributed by atoms with van der Waals surface area (Å²) in [7, 11) is 0. The first-order valence-electron chi connectivity index (χ1n) is 6.91. The fourth-order valence-corrected chi connectivity index (χ4v) is 2.71. The second-order valence-corrected chi connectivity index (χ2v) is 5.02. The molecule has 1 amide bonds. The number of benzene rings is 1. The number of carbonyl (C=O) groups is 2. The van der Waals surface area contributed by atoms with Crippen molar-refractivity contribution < 1.29 is 23.8 Å². The third kappa shape index (κ3) is 3.51. The van der Waals surface area contributed by atoms with Gasteiger partial charge in [0.15, 0.2) is 0 Å². The zero-order valence-electron chi connectivity index (χ0n) is 11.8. The highest BCUT2D eigenvalue weighted by atomic mass is 19.1. The van der Waals surface area contributed by atoms with Crippen LogP contribution in [0, 0.1) is 11.7 Å². The van der Waals surface area contributed by atoms with Crippen molar-refractivity contribution in [2.45, 2.75) is 19.3 Å². The molecule has 0 N–H and O–H groups in total. The number of carbonyl (C=O) groups excluding carboxylic acids is 2. The van der Waals surface area contributed by atoms with Crippen LogP contribution < -0.4 is 5.11 Å². The fraction of sp³-hybridized carbons (Fsp3) is 0.467. The summed E-state index contributed by atoms with van der Waals surface area (Å²) in [5.74, 6) is -1.56. The van der Waals surface area contributed by atoms with Gasteiger partial charge in [-0.05, 0) is 31.0 Å². The summed E-state index contributed by atoms with van der Waals surface area (Å²) in [5, 5.41) is 11.0. The van der Waals surface area contributed by atoms with Crippen molar-refractivity contribution in [3.8, 4) is 0 Å². The third-order valence-corrected chi connectivity index (χ3v) is 3.76. The maximum Gasteiger partial charge on any atom is 0.311 e. The Morgan fingerprint density at radius 1 is 1.38 bits per heavy atom. The SMILES string of the molecule is CCOC(=O)C1CN(C(=O)[O-])CCC1c1ccc(F)cc1. The van der Waals surface area contributed by atoms with Gasteiger partial charge in [-0.25, -0.2) is 4.39 Å². The van der Waals surface area contributed by atoms with E-state index in [1.54, 1.807) is 19.1 Å². The molecule has 1 fully saturated rings. The van der Waals surface area contributed by atoms with Crippen LogP contribution in [0.15, 0.2) is 24.3 Å². The Bertz CT molecular complexity index is 517. The Kier molecular flexibility index (Phi) is 4.77. The Labute approximate surface area is 122 Å². The van der Waals surface area contributed by atoms with Gasteiger partial charge in [0.1, 0.15) is 11.9 Å². The molecule has 2 unspecified atom stereocenters. The van der Waals surface area contributed by atoms with Gasteiger partial charge in [0.05, 0.1) is 12.5 Å². The van der Waals surface area contributed by atoms with E-state index in [1.165, 1.54) is 12.1 Å². The molecule has 0 radical (unpaired) electrons. The molecule has 1 aliphatic rings. The number of ether oxygens (including phenoxy) is 1. The van der Waals surface area contributed by atoms with E-state index < -0.39 is 18.0 Å². The van der Waals surface area contributed by atoms with Gasteiger partial charge in [0.2, 0.25) is 0 Å². The molecular formula is C15H17FNO4-. The third-order valence-electron chi connectivity index (χ3n) is 3.76. The first kappa shape index (κ1) is 15.3. The lowest BCUT2D eigenvalue weighted by Gasteiger charge is -2.38. The van der Waals surface area contributed by atoms with E-state index in [4.69, 9.17) is 4.74 Å². The molecular weight excluding hydrogens is 277 g/mol. The minimum absolute atomic E-state index is 0.0449. The molecule has 2 atom stereocenters. The molecule has 1 aromatic rings. The van der Waals surface area contributed by atoms with Crippen molar-refractivity contribution in [1.29, 1.82) is 0 Å². The van der Waals surface area contributed by atoms with Crippen molar-refractivity contribution in [3.63, 3.8) is 0 Å². The summed E-state index contributed by atoms with van der Waals surface area (Å²) < 4.78 is 18.0. The van der Waals surface area contributed by atoms with Gasteiger partial charge in [-0.1, -0.05) is 12.1 Å². The monoisotopic (exact) mass is 294 g/mol. The predicted octanol–water partition coefficient (Wildman–Crippen LogP) is 1.14. The van der Waals surface area contributed by atoms with Crippen LogP contribution in [-0.2, 0) is 9.53 Å². The van der Waals surface area contributed by atoms with Crippen LogP contribution in [0.3, 0.4) is 0 Å². The van der Waals surface area contributed by atoms with Crippen molar-refractivity contribution in [2.75, 3.05) is 19.7 Å². The maximum absolute atomic E-state index is 13.0. The minimum Gasteiger partial charge on any atom is -0.530 e. The topological polar surface area (TPSA) is 69.7 Å². The molecule has 0 aromatic heterocycles. The van der Waals surface area contributed by atoms with Crippen LogP contribution in [0.5, 0.6) is 0 Å². The molecule has 0 aliphatic carbocycles. The predicted molar refractivity (Wildman–Crippen MR) is 70.9 cm³/mol. The Morgan fingerprint density at radius 3 is 2.62 bits per heavy atom. The molecule has 1 heterocycles. The van der Waals surface area contributed by atoms with Crippen LogP contribution in [0.25, 0.3) is 0 Å². The summed E-state index contributed by atoms with van der Waals surface area (Å²) >= 11 is 0. The van der Waals surface area contributed by atoms with Gasteiger partial charge >= 0.3 is 5.97 Å². The van der Waals surface area contributed by atoms with E-state index in [0.29, 0.717) is 13.0 Å². The number of rotatable bonds is 3. The average molecular weight is 294 g/mol. The highest BCUT2D eigenvalue weighted by molar-refractivity contribution is 5.75. The molecule has 1 aliphatic heterocycles. The van der Waals surface area contributed by atoms with Gasteiger partial charge in [-0.2, -0.15) is 0 Å². The molecule has 1 saturated heterocycles. The van der Waals surface area contributed by atoms with Crippen molar-refractivity contribution in [2.24, 2.45) is 5.92 Å². The van der Waals surface area contributed by atoms with Crippen molar-refractivity contribution >= 4 is 12.1 Å². The lowest BCUT2D eigenvalue weighted by atomic mass is 9.80. The summed E-state index contributed by atoms with van der Waals surface area (Å²) in [5.41, 5.74) is 0.812. The number of hydrogen-bond acceptors (Lipinski definition) is 4. The van der Waals surface area contributed by atoms with Crippen LogP contribution >= 0.6 is 0 Å². The summed E-state index contributed by atoms with van der Waals surface area (Å²) in [6.07, 6.45) is -0.815. The minimum atomic E-state index is -1.29. The lowest BCUT2D eigenvalue weighted by molar-refractivity contribution is -0.267. The van der Waals surface area contributed by atoms with Crippen LogP contribution in [-0.4, -0.2) is 36.7 Å². The van der Waals surface area contributed by atoms with E-state index in [1.807, 2.05) is 0 Å². The van der Waals surface area contributed by atoms with Gasteiger partial charge in [-0.3, -0.25) is 4.79 Å². The standard InChI is InChI=1S/C15H18FNO4/c1-2-21-14(18)13-9-17(15(19)20)8-7-12(13)10-3-5-11(16)6-4-10/h3-6,12-13H,2,7-9H2,1H3,(H,19,20)/p-1. The number of amides is 1. The highest BCUT2D eigenvalue weighted by Crippen LogP contribution is 2.34. The van der Waals surface area contributed by atoms with Crippen LogP contribution in [0.1, 0.15) is 24.8 Å². The molecule has 5 nitrogen and oxygen atoms in total. The number of esters is 1. The van der Waals surface area contributed by atoms with Gasteiger partial charge in [0.25, 0.3) is 0 Å². The Balaban J connectivity index is 2.23. The summed E-state index contributed by atoms with van der Waals surface area (Å²) in [4.78, 5) is 24.2. The normalized spacial score (nSPS) is 21.9. The fourth-order valence-electron chi connectivity index (χ4n) is 2.71. The highest BCUT2D eigenvalue weighted by Gasteiger charge is 2.36. The van der Waals surface area contributed by atoms with E-state index in [-0.39, 0.29) is 24.9 Å². The van der Waals surface area contributed by atoms with Crippen LogP contribution in [0.4, 0.5) is 9.18 Å². The van der Waals surface area contributed by atoms with Crippen molar-refractivity contribution in [1.82, 2.24) is 4.90 Å². The van der Waals surface area contributed by atoms with E-state index in [2.05, 4.69) is 0 Å². The zero-order chi connectivity index (χ0) is 15.4. The Morgan fingerprint density at radius 2 is 2.05 bits per heavy atom. The van der Waals surface area contributed by atoms with Gasteiger partial charge in [-0.15, -0.1) is 0 Å². The second kappa shape index (κ2) is 6.56. The Hall–Kier alpha value is -2.11. The number of likely N-dealkylation sites (tertiary alicyclic amines) is 1. The smallest absolute Gasteiger partial charge is 0.311 e. The molecule has 114 valence electrons. The lowest BCUT2D eigenvalue weighted by Crippen LogP contribution is -2.50. The van der Waals surface area contributed by atoms with Crippen molar-refractivity contribution in [3.05, 3.63) is 35.6 Å². The molecule has 0 bridgehead atoms. The maximum atomic E-state index is 13.0. The quantitative estimate of drug-likeness (QED) is 0.784. The van der Waals surface area contributed by atoms with Crippen LogP contribution in [0.2, 0.25) is 0 Å². The summed E-state index contributed by atoms with van der Waals surface area (Å²) in [6.45, 7) is 2.27. The average Bonchev–Trinajstić information content (AvgIpc) is 2.47. The van der Waals surface area contributed by atoms with Gasteiger partial charge < -0.3 is 19.5 Å². The first-order valence-corrected chi connectivity index (χ1v) is 6.91. The largest absolute Gasteiger partial charge is 0.530 e. The number of nitrogens with zero attached hydrogens (tertiary/aromatic N) is 1. The number of halogens is 1. The molecule has 2 rings (SSSR count). The second-order valence-electron chi connectivity index (χ2n) is 5.02. The zero-order valence-corrected chi connectivity index (χ0v) is 11.8.